The van der Waals surface area contributed by atoms with Gasteiger partial charge in [-0.15, -0.1) is 0 Å². The lowest BCUT2D eigenvalue weighted by Crippen LogP contribution is -2.40. The normalized spacial score (nSPS) is 13.6. The summed E-state index contributed by atoms with van der Waals surface area (Å²) in [6, 6.07) is 4.73. The van der Waals surface area contributed by atoms with Gasteiger partial charge in [-0.25, -0.2) is 4.39 Å². The van der Waals surface area contributed by atoms with Gasteiger partial charge in [0.15, 0.2) is 0 Å². The molecule has 1 aromatic heterocycles. The molecule has 0 saturated heterocycles. The van der Waals surface area contributed by atoms with Crippen LogP contribution in [0, 0.1) is 12.7 Å². The molecule has 0 amide bonds. The van der Waals surface area contributed by atoms with Crippen molar-refractivity contribution < 1.29 is 14.0 Å². The monoisotopic (exact) mass is 321 g/mol. The second kappa shape index (κ2) is 6.76. The zero-order chi connectivity index (χ0) is 17.2. The summed E-state index contributed by atoms with van der Waals surface area (Å²) in [5, 5.41) is 14.0. The van der Waals surface area contributed by atoms with E-state index in [0.29, 0.717) is 29.4 Å². The van der Waals surface area contributed by atoms with E-state index in [1.165, 1.54) is 6.07 Å². The third-order valence-electron chi connectivity index (χ3n) is 3.77. The first kappa shape index (κ1) is 17.6. The second-order valence-corrected chi connectivity index (χ2v) is 6.47. The van der Waals surface area contributed by atoms with Crippen LogP contribution < -0.4 is 0 Å². The fourth-order valence-electron chi connectivity index (χ4n) is 2.43. The first-order valence-electron chi connectivity index (χ1n) is 7.78. The predicted octanol–water partition coefficient (Wildman–Crippen LogP) is 3.34. The molecule has 0 aliphatic heterocycles. The van der Waals surface area contributed by atoms with E-state index in [0.717, 1.165) is 6.54 Å². The summed E-state index contributed by atoms with van der Waals surface area (Å²) in [6.45, 7) is 10.4. The Morgan fingerprint density at radius 1 is 1.39 bits per heavy atom. The molecule has 0 aliphatic rings. The Hall–Kier alpha value is -1.79. The molecule has 2 aromatic rings. The van der Waals surface area contributed by atoms with E-state index in [9.17, 15) is 9.50 Å². The Morgan fingerprint density at radius 2 is 2.09 bits per heavy atom. The van der Waals surface area contributed by atoms with Gasteiger partial charge in [0.2, 0.25) is 11.7 Å². The van der Waals surface area contributed by atoms with E-state index in [1.807, 2.05) is 18.7 Å². The molecule has 5 nitrogen and oxygen atoms in total. The van der Waals surface area contributed by atoms with Crippen LogP contribution in [0.2, 0.25) is 0 Å². The molecule has 1 aromatic carbocycles. The Morgan fingerprint density at radius 3 is 2.65 bits per heavy atom. The molecule has 1 atom stereocenters. The summed E-state index contributed by atoms with van der Waals surface area (Å²) < 4.78 is 19.0. The molecule has 1 unspecified atom stereocenters. The number of halogens is 1. The highest BCUT2D eigenvalue weighted by atomic mass is 19.1. The largest absolute Gasteiger partial charge is 0.389 e. The summed E-state index contributed by atoms with van der Waals surface area (Å²) in [5.41, 5.74) is 0.349. The van der Waals surface area contributed by atoms with Gasteiger partial charge in [-0.3, -0.25) is 4.90 Å². The van der Waals surface area contributed by atoms with Crippen molar-refractivity contribution in [1.29, 1.82) is 0 Å². The summed E-state index contributed by atoms with van der Waals surface area (Å²) in [7, 11) is 0. The van der Waals surface area contributed by atoms with Crippen molar-refractivity contribution >= 4 is 0 Å². The number of likely N-dealkylation sites (N-methyl/N-ethyl adjacent to an activating group) is 1. The molecule has 126 valence electrons. The highest BCUT2D eigenvalue weighted by Crippen LogP contribution is 2.24. The van der Waals surface area contributed by atoms with Crippen LogP contribution in [0.15, 0.2) is 22.7 Å². The van der Waals surface area contributed by atoms with Crippen LogP contribution in [-0.2, 0) is 0 Å². The van der Waals surface area contributed by atoms with Gasteiger partial charge in [-0.2, -0.15) is 4.98 Å². The zero-order valence-corrected chi connectivity index (χ0v) is 14.3. The number of aliphatic hydroxyl groups is 1. The number of aryl methyl sites for hydroxylation is 1. The minimum absolute atomic E-state index is 0.136. The third-order valence-corrected chi connectivity index (χ3v) is 3.77. The van der Waals surface area contributed by atoms with Crippen molar-refractivity contribution in [2.75, 3.05) is 13.1 Å². The number of benzene rings is 1. The Kier molecular flexibility index (Phi) is 5.16. The molecule has 0 saturated carbocycles. The molecule has 0 aliphatic carbocycles. The molecule has 2 rings (SSSR count). The fourth-order valence-corrected chi connectivity index (χ4v) is 2.43. The van der Waals surface area contributed by atoms with E-state index in [2.05, 4.69) is 10.1 Å². The molecule has 1 heterocycles. The lowest BCUT2D eigenvalue weighted by Gasteiger charge is -2.30. The third kappa shape index (κ3) is 4.36. The van der Waals surface area contributed by atoms with E-state index in [1.54, 1.807) is 32.9 Å². The molecular formula is C17H24FN3O2. The van der Waals surface area contributed by atoms with Gasteiger partial charge in [0.25, 0.3) is 0 Å². The quantitative estimate of drug-likeness (QED) is 0.884. The Balaban J connectivity index is 2.21. The van der Waals surface area contributed by atoms with Gasteiger partial charge in [0.05, 0.1) is 11.6 Å². The predicted molar refractivity (Wildman–Crippen MR) is 86.4 cm³/mol. The van der Waals surface area contributed by atoms with Crippen molar-refractivity contribution in [3.05, 3.63) is 35.5 Å². The number of hydrogen-bond acceptors (Lipinski definition) is 5. The summed E-state index contributed by atoms with van der Waals surface area (Å²) >= 11 is 0. The molecule has 23 heavy (non-hydrogen) atoms. The average Bonchev–Trinajstić information content (AvgIpc) is 2.95. The number of nitrogens with zero attached hydrogens (tertiary/aromatic N) is 3. The minimum Gasteiger partial charge on any atom is -0.389 e. The van der Waals surface area contributed by atoms with Crippen molar-refractivity contribution in [1.82, 2.24) is 15.0 Å². The highest BCUT2D eigenvalue weighted by Gasteiger charge is 2.26. The molecule has 1 N–H and O–H groups in total. The molecule has 0 bridgehead atoms. The van der Waals surface area contributed by atoms with Gasteiger partial charge in [0.1, 0.15) is 5.82 Å². The van der Waals surface area contributed by atoms with Gasteiger partial charge < -0.3 is 9.63 Å². The number of aromatic nitrogens is 2. The van der Waals surface area contributed by atoms with E-state index in [-0.39, 0.29) is 11.9 Å². The van der Waals surface area contributed by atoms with Crippen molar-refractivity contribution in [3.63, 3.8) is 0 Å². The van der Waals surface area contributed by atoms with Crippen LogP contribution in [0.4, 0.5) is 4.39 Å². The van der Waals surface area contributed by atoms with Crippen LogP contribution in [0.25, 0.3) is 11.4 Å². The van der Waals surface area contributed by atoms with Crippen LogP contribution in [0.3, 0.4) is 0 Å². The first-order valence-corrected chi connectivity index (χ1v) is 7.78. The van der Waals surface area contributed by atoms with E-state index < -0.39 is 5.60 Å². The SMILES string of the molecule is CCN(CC(C)(C)O)C(C)c1nc(-c2ccc(C)c(F)c2)no1. The van der Waals surface area contributed by atoms with Crippen LogP contribution in [0.5, 0.6) is 0 Å². The second-order valence-electron chi connectivity index (χ2n) is 6.47. The molecule has 0 spiro atoms. The summed E-state index contributed by atoms with van der Waals surface area (Å²) in [4.78, 5) is 6.43. The maximum absolute atomic E-state index is 13.7. The lowest BCUT2D eigenvalue weighted by molar-refractivity contribution is 0.0200. The highest BCUT2D eigenvalue weighted by molar-refractivity contribution is 5.54. The van der Waals surface area contributed by atoms with Gasteiger partial charge >= 0.3 is 0 Å². The molecule has 0 fully saturated rings. The lowest BCUT2D eigenvalue weighted by atomic mass is 10.1. The van der Waals surface area contributed by atoms with Crippen molar-refractivity contribution in [3.8, 4) is 11.4 Å². The summed E-state index contributed by atoms with van der Waals surface area (Å²) in [6.07, 6.45) is 0. The fraction of sp³-hybridized carbons (Fsp3) is 0.529. The number of hydrogen-bond donors (Lipinski definition) is 1. The van der Waals surface area contributed by atoms with Gasteiger partial charge in [-0.1, -0.05) is 24.2 Å². The average molecular weight is 321 g/mol. The number of rotatable bonds is 6. The summed E-state index contributed by atoms with van der Waals surface area (Å²) in [5.74, 6) is 0.524. The maximum Gasteiger partial charge on any atom is 0.244 e. The van der Waals surface area contributed by atoms with Crippen molar-refractivity contribution in [2.45, 2.75) is 46.3 Å². The van der Waals surface area contributed by atoms with Crippen LogP contribution >= 0.6 is 0 Å². The minimum atomic E-state index is -0.812. The van der Waals surface area contributed by atoms with Gasteiger partial charge in [-0.05, 0) is 45.9 Å². The van der Waals surface area contributed by atoms with Crippen LogP contribution in [0.1, 0.15) is 45.2 Å². The van der Waals surface area contributed by atoms with E-state index in [4.69, 9.17) is 4.52 Å². The Labute approximate surface area is 136 Å². The standard InChI is InChI=1S/C17H24FN3O2/c1-6-21(10-17(4,5)22)12(3)16-19-15(20-23-16)13-8-7-11(2)14(18)9-13/h7-9,12,22H,6,10H2,1-5H3. The molecular weight excluding hydrogens is 297 g/mol. The van der Waals surface area contributed by atoms with E-state index >= 15 is 0 Å². The van der Waals surface area contributed by atoms with Crippen LogP contribution in [-0.4, -0.2) is 38.8 Å². The smallest absolute Gasteiger partial charge is 0.244 e. The molecule has 0 radical (unpaired) electrons. The maximum atomic E-state index is 13.7. The Bertz CT molecular complexity index is 664. The topological polar surface area (TPSA) is 62.4 Å². The zero-order valence-electron chi connectivity index (χ0n) is 14.3. The van der Waals surface area contributed by atoms with Gasteiger partial charge in [0, 0.05) is 12.1 Å². The first-order chi connectivity index (χ1) is 10.7. The van der Waals surface area contributed by atoms with Crippen molar-refractivity contribution in [2.24, 2.45) is 0 Å². The molecule has 6 heteroatoms.